The van der Waals surface area contributed by atoms with Gasteiger partial charge in [-0.2, -0.15) is 0 Å². The monoisotopic (exact) mass is 242 g/mol. The topological polar surface area (TPSA) is 68.2 Å². The van der Waals surface area contributed by atoms with E-state index in [1.807, 2.05) is 20.8 Å². The van der Waals surface area contributed by atoms with E-state index in [1.54, 1.807) is 4.90 Å². The van der Waals surface area contributed by atoms with E-state index < -0.39 is 5.60 Å². The molecule has 1 heterocycles. The predicted octanol–water partition coefficient (Wildman–Crippen LogP) is 0.958. The van der Waals surface area contributed by atoms with E-state index in [0.29, 0.717) is 19.7 Å². The van der Waals surface area contributed by atoms with Crippen molar-refractivity contribution in [3.8, 4) is 0 Å². The van der Waals surface area contributed by atoms with E-state index in [1.165, 1.54) is 6.08 Å². The van der Waals surface area contributed by atoms with Crippen LogP contribution in [0.1, 0.15) is 20.8 Å². The van der Waals surface area contributed by atoms with Crippen molar-refractivity contribution in [1.82, 2.24) is 4.90 Å². The first-order chi connectivity index (χ1) is 7.92. The molecular formula is C11H18N2O4. The average molecular weight is 242 g/mol. The van der Waals surface area contributed by atoms with E-state index in [0.717, 1.165) is 0 Å². The van der Waals surface area contributed by atoms with Crippen LogP contribution in [0.25, 0.3) is 0 Å². The molecule has 0 spiro atoms. The Labute approximate surface area is 101 Å². The number of ether oxygens (including phenoxy) is 2. The minimum atomic E-state index is -0.508. The van der Waals surface area contributed by atoms with E-state index >= 15 is 0 Å². The van der Waals surface area contributed by atoms with Crippen molar-refractivity contribution in [2.45, 2.75) is 32.5 Å². The maximum atomic E-state index is 11.8. The Hall–Kier alpha value is -1.39. The minimum Gasteiger partial charge on any atom is -0.444 e. The number of aliphatic imine (C=N–C) groups is 1. The molecule has 1 rings (SSSR count). The van der Waals surface area contributed by atoms with Crippen molar-refractivity contribution in [3.05, 3.63) is 0 Å². The fourth-order valence-electron chi connectivity index (χ4n) is 1.46. The number of isocyanates is 1. The lowest BCUT2D eigenvalue weighted by Gasteiger charge is -2.33. The summed E-state index contributed by atoms with van der Waals surface area (Å²) >= 11 is 0. The van der Waals surface area contributed by atoms with Gasteiger partial charge in [0.15, 0.2) is 0 Å². The van der Waals surface area contributed by atoms with Crippen LogP contribution in [-0.2, 0) is 14.3 Å². The number of carbonyl (C=O) groups excluding carboxylic acids is 2. The number of amides is 1. The summed E-state index contributed by atoms with van der Waals surface area (Å²) in [6.07, 6.45) is 0.845. The van der Waals surface area contributed by atoms with Crippen LogP contribution in [0.4, 0.5) is 4.79 Å². The second-order valence-electron chi connectivity index (χ2n) is 4.85. The molecule has 1 aliphatic heterocycles. The number of hydrogen-bond donors (Lipinski definition) is 0. The second-order valence-corrected chi connectivity index (χ2v) is 4.85. The highest BCUT2D eigenvalue weighted by Crippen LogP contribution is 2.13. The summed E-state index contributed by atoms with van der Waals surface area (Å²) in [5.41, 5.74) is -0.508. The summed E-state index contributed by atoms with van der Waals surface area (Å²) in [6.45, 7) is 7.00. The van der Waals surface area contributed by atoms with Crippen molar-refractivity contribution in [2.24, 2.45) is 4.99 Å². The number of rotatable bonds is 2. The molecule has 0 aromatic rings. The highest BCUT2D eigenvalue weighted by Gasteiger charge is 2.27. The highest BCUT2D eigenvalue weighted by atomic mass is 16.6. The van der Waals surface area contributed by atoms with Gasteiger partial charge in [0.2, 0.25) is 6.08 Å². The molecule has 0 aliphatic carbocycles. The van der Waals surface area contributed by atoms with Gasteiger partial charge in [0.05, 0.1) is 25.8 Å². The van der Waals surface area contributed by atoms with Crippen molar-refractivity contribution < 1.29 is 19.1 Å². The molecule has 1 amide bonds. The molecule has 0 N–H and O–H groups in total. The maximum Gasteiger partial charge on any atom is 0.410 e. The lowest BCUT2D eigenvalue weighted by atomic mass is 10.2. The van der Waals surface area contributed by atoms with E-state index in [-0.39, 0.29) is 18.7 Å². The summed E-state index contributed by atoms with van der Waals surface area (Å²) in [4.78, 5) is 26.8. The molecule has 96 valence electrons. The molecular weight excluding hydrogens is 224 g/mol. The molecule has 0 bridgehead atoms. The van der Waals surface area contributed by atoms with Crippen molar-refractivity contribution in [1.29, 1.82) is 0 Å². The number of carbonyl (C=O) groups is 1. The quantitative estimate of drug-likeness (QED) is 0.534. The van der Waals surface area contributed by atoms with Gasteiger partial charge in [-0.3, -0.25) is 0 Å². The van der Waals surface area contributed by atoms with Gasteiger partial charge in [-0.15, -0.1) is 0 Å². The fraction of sp³-hybridized carbons (Fsp3) is 0.818. The molecule has 1 atom stereocenters. The van der Waals surface area contributed by atoms with Crippen LogP contribution in [0.5, 0.6) is 0 Å². The minimum absolute atomic E-state index is 0.225. The molecule has 1 saturated heterocycles. The second kappa shape index (κ2) is 5.80. The fourth-order valence-corrected chi connectivity index (χ4v) is 1.46. The first-order valence-corrected chi connectivity index (χ1v) is 5.55. The maximum absolute atomic E-state index is 11.8. The zero-order valence-corrected chi connectivity index (χ0v) is 10.4. The third-order valence-corrected chi connectivity index (χ3v) is 2.15. The van der Waals surface area contributed by atoms with Crippen LogP contribution >= 0.6 is 0 Å². The molecule has 6 nitrogen and oxygen atoms in total. The average Bonchev–Trinajstić information content (AvgIpc) is 2.24. The van der Waals surface area contributed by atoms with Gasteiger partial charge in [0.25, 0.3) is 0 Å². The Morgan fingerprint density at radius 2 is 2.29 bits per heavy atom. The molecule has 0 aromatic carbocycles. The SMILES string of the molecule is CC(C)(C)OC(=O)N1CCOC(CN=C=O)C1. The normalized spacial score (nSPS) is 20.6. The lowest BCUT2D eigenvalue weighted by molar-refractivity contribution is -0.0382. The number of nitrogens with zero attached hydrogens (tertiary/aromatic N) is 2. The van der Waals surface area contributed by atoms with Crippen LogP contribution in [0.15, 0.2) is 4.99 Å². The van der Waals surface area contributed by atoms with Gasteiger partial charge >= 0.3 is 6.09 Å². The number of hydrogen-bond acceptors (Lipinski definition) is 5. The van der Waals surface area contributed by atoms with Gasteiger partial charge in [-0.1, -0.05) is 0 Å². The van der Waals surface area contributed by atoms with Crippen molar-refractivity contribution in [3.63, 3.8) is 0 Å². The molecule has 0 aromatic heterocycles. The van der Waals surface area contributed by atoms with Crippen LogP contribution in [0.3, 0.4) is 0 Å². The van der Waals surface area contributed by atoms with Crippen molar-refractivity contribution in [2.75, 3.05) is 26.2 Å². The Morgan fingerprint density at radius 3 is 2.88 bits per heavy atom. The molecule has 17 heavy (non-hydrogen) atoms. The molecule has 0 radical (unpaired) electrons. The number of morpholine rings is 1. The third-order valence-electron chi connectivity index (χ3n) is 2.15. The van der Waals surface area contributed by atoms with E-state index in [2.05, 4.69) is 4.99 Å². The molecule has 1 aliphatic rings. The van der Waals surface area contributed by atoms with Gasteiger partial charge < -0.3 is 14.4 Å². The molecule has 0 saturated carbocycles. The Balaban J connectivity index is 2.48. The highest BCUT2D eigenvalue weighted by molar-refractivity contribution is 5.68. The van der Waals surface area contributed by atoms with Gasteiger partial charge in [0.1, 0.15) is 5.60 Å². The first kappa shape index (κ1) is 13.7. The van der Waals surface area contributed by atoms with Gasteiger partial charge in [-0.25, -0.2) is 14.6 Å². The zero-order chi connectivity index (χ0) is 12.9. The van der Waals surface area contributed by atoms with Crippen LogP contribution in [-0.4, -0.2) is 55.0 Å². The summed E-state index contributed by atoms with van der Waals surface area (Å²) in [5.74, 6) is 0. The lowest BCUT2D eigenvalue weighted by Crippen LogP contribution is -2.48. The Kier molecular flexibility index (Phi) is 4.66. The Bertz CT molecular complexity index is 318. The molecule has 1 unspecified atom stereocenters. The summed E-state index contributed by atoms with van der Waals surface area (Å²) in [5, 5.41) is 0. The third kappa shape index (κ3) is 4.97. The summed E-state index contributed by atoms with van der Waals surface area (Å²) in [6, 6.07) is 0. The standard InChI is InChI=1S/C11H18N2O4/c1-11(2,3)17-10(15)13-4-5-16-9(7-13)6-12-8-14/h9H,4-7H2,1-3H3. The molecule has 6 heteroatoms. The Morgan fingerprint density at radius 1 is 1.59 bits per heavy atom. The van der Waals surface area contributed by atoms with Crippen molar-refractivity contribution >= 4 is 12.2 Å². The smallest absolute Gasteiger partial charge is 0.410 e. The van der Waals surface area contributed by atoms with Gasteiger partial charge in [-0.05, 0) is 20.8 Å². The summed E-state index contributed by atoms with van der Waals surface area (Å²) < 4.78 is 10.6. The van der Waals surface area contributed by atoms with Gasteiger partial charge in [0, 0.05) is 6.54 Å². The summed E-state index contributed by atoms with van der Waals surface area (Å²) in [7, 11) is 0. The predicted molar refractivity (Wildman–Crippen MR) is 60.5 cm³/mol. The van der Waals surface area contributed by atoms with Crippen LogP contribution in [0, 0.1) is 0 Å². The zero-order valence-electron chi connectivity index (χ0n) is 10.4. The molecule has 1 fully saturated rings. The first-order valence-electron chi connectivity index (χ1n) is 5.55. The van der Waals surface area contributed by atoms with Crippen LogP contribution < -0.4 is 0 Å². The van der Waals surface area contributed by atoms with E-state index in [9.17, 15) is 9.59 Å². The van der Waals surface area contributed by atoms with Crippen LogP contribution in [0.2, 0.25) is 0 Å². The van der Waals surface area contributed by atoms with E-state index in [4.69, 9.17) is 9.47 Å². The largest absolute Gasteiger partial charge is 0.444 e.